The summed E-state index contributed by atoms with van der Waals surface area (Å²) in [6.07, 6.45) is 1.14. The van der Waals surface area contributed by atoms with Gasteiger partial charge in [-0.1, -0.05) is 18.2 Å². The number of nitrogens with one attached hydrogen (secondary N) is 1. The van der Waals surface area contributed by atoms with Crippen LogP contribution in [0.2, 0.25) is 0 Å². The van der Waals surface area contributed by atoms with Gasteiger partial charge in [0.1, 0.15) is 20.2 Å². The van der Waals surface area contributed by atoms with Gasteiger partial charge in [-0.3, -0.25) is 5.43 Å². The number of hydrogen-bond donors (Lipinski definition) is 1. The van der Waals surface area contributed by atoms with Crippen LogP contribution in [0.4, 0.5) is 5.69 Å². The summed E-state index contributed by atoms with van der Waals surface area (Å²) in [7, 11) is -9.14. The van der Waals surface area contributed by atoms with Crippen LogP contribution in [0, 0.1) is 0 Å². The fourth-order valence-corrected chi connectivity index (χ4v) is 2.81. The molecule has 0 amide bonds. The maximum atomic E-state index is 11.1. The van der Waals surface area contributed by atoms with E-state index in [1.807, 2.05) is 0 Å². The van der Waals surface area contributed by atoms with Crippen molar-refractivity contribution in [3.63, 3.8) is 0 Å². The molecular weight excluding hydrogens is 390 g/mol. The summed E-state index contributed by atoms with van der Waals surface area (Å²) in [6.45, 7) is 0. The van der Waals surface area contributed by atoms with Gasteiger partial charge in [-0.2, -0.15) is 5.10 Å². The van der Waals surface area contributed by atoms with Crippen molar-refractivity contribution in [2.75, 3.05) is 5.43 Å². The summed E-state index contributed by atoms with van der Waals surface area (Å²) >= 11 is 0. The molecule has 0 fully saturated rings. The predicted molar refractivity (Wildman–Crippen MR) is 80.0 cm³/mol. The van der Waals surface area contributed by atoms with Crippen molar-refractivity contribution in [2.24, 2.45) is 5.10 Å². The van der Waals surface area contributed by atoms with Crippen LogP contribution in [0.15, 0.2) is 63.4 Å². The molecule has 12 heteroatoms. The number of rotatable bonds is 5. The molecule has 0 unspecified atom stereocenters. The van der Waals surface area contributed by atoms with E-state index in [-0.39, 0.29) is 69.6 Å². The van der Waals surface area contributed by atoms with Gasteiger partial charge in [0.25, 0.3) is 0 Å². The van der Waals surface area contributed by atoms with Crippen molar-refractivity contribution in [3.05, 3.63) is 54.1 Å². The topological polar surface area (TPSA) is 139 Å². The Morgan fingerprint density at radius 2 is 1.40 bits per heavy atom. The van der Waals surface area contributed by atoms with Crippen LogP contribution in [0.3, 0.4) is 0 Å². The Bertz CT molecular complexity index is 945. The van der Waals surface area contributed by atoms with Crippen LogP contribution in [0.25, 0.3) is 0 Å². The first kappa shape index (κ1) is 24.7. The zero-order valence-corrected chi connectivity index (χ0v) is 19.0. The average Bonchev–Trinajstić information content (AvgIpc) is 2.46. The molecule has 25 heavy (non-hydrogen) atoms. The number of nitrogens with zero attached hydrogens (tertiary/aromatic N) is 1. The zero-order valence-electron chi connectivity index (χ0n) is 13.4. The number of benzene rings is 2. The Labute approximate surface area is 189 Å². The Balaban J connectivity index is 0.00000288. The summed E-state index contributed by atoms with van der Waals surface area (Å²) in [5, 5.41) is 3.77. The largest absolute Gasteiger partial charge is 1.00 e. The van der Waals surface area contributed by atoms with Gasteiger partial charge in [0.15, 0.2) is 0 Å². The number of anilines is 1. The van der Waals surface area contributed by atoms with E-state index in [0.717, 1.165) is 24.4 Å². The fourth-order valence-electron chi connectivity index (χ4n) is 1.69. The molecule has 8 nitrogen and oxygen atoms in total. The summed E-state index contributed by atoms with van der Waals surface area (Å²) < 4.78 is 65.6. The molecule has 2 rings (SSSR count). The molecule has 0 atom stereocenters. The molecule has 0 aliphatic carbocycles. The van der Waals surface area contributed by atoms with Crippen molar-refractivity contribution in [1.82, 2.24) is 0 Å². The second-order valence-electron chi connectivity index (χ2n) is 4.34. The van der Waals surface area contributed by atoms with Crippen molar-refractivity contribution in [3.8, 4) is 0 Å². The molecule has 0 heterocycles. The quantitative estimate of drug-likeness (QED) is 0.229. The van der Waals surface area contributed by atoms with Gasteiger partial charge < -0.3 is 9.11 Å². The molecule has 2 aromatic rings. The smallest absolute Gasteiger partial charge is 0.744 e. The summed E-state index contributed by atoms with van der Waals surface area (Å²) in [6, 6.07) is 10.4. The average molecular weight is 400 g/mol. The third-order valence-electron chi connectivity index (χ3n) is 2.73. The van der Waals surface area contributed by atoms with E-state index < -0.39 is 25.1 Å². The second-order valence-corrected chi connectivity index (χ2v) is 7.07. The minimum Gasteiger partial charge on any atom is -0.744 e. The first-order valence-electron chi connectivity index (χ1n) is 6.08. The molecule has 0 saturated carbocycles. The molecule has 0 radical (unpaired) electrons. The number of hydrazone groups is 1. The fraction of sp³-hybridized carbons (Fsp3) is 0. The summed E-state index contributed by atoms with van der Waals surface area (Å²) in [4.78, 5) is -0.784. The van der Waals surface area contributed by atoms with E-state index in [0.29, 0.717) is 5.69 Å². The molecule has 0 saturated heterocycles. The van der Waals surface area contributed by atoms with E-state index in [1.165, 1.54) is 24.3 Å². The molecule has 0 aliphatic heterocycles. The van der Waals surface area contributed by atoms with Crippen molar-refractivity contribution < 1.29 is 85.1 Å². The Hall–Kier alpha value is -0.270. The van der Waals surface area contributed by atoms with E-state index >= 15 is 0 Å². The summed E-state index contributed by atoms with van der Waals surface area (Å²) in [5.41, 5.74) is 3.00. The first-order chi connectivity index (χ1) is 10.7. The van der Waals surface area contributed by atoms with E-state index in [9.17, 15) is 25.9 Å². The van der Waals surface area contributed by atoms with Gasteiger partial charge in [-0.25, -0.2) is 16.8 Å². The van der Waals surface area contributed by atoms with Gasteiger partial charge >= 0.3 is 59.1 Å². The van der Waals surface area contributed by atoms with Gasteiger partial charge in [-0.15, -0.1) is 0 Å². The monoisotopic (exact) mass is 400 g/mol. The normalized spacial score (nSPS) is 11.4. The molecule has 1 N–H and O–H groups in total. The molecule has 2 aromatic carbocycles. The minimum absolute atomic E-state index is 0. The number of hydrogen-bond acceptors (Lipinski definition) is 8. The Morgan fingerprint density at radius 1 is 0.840 bits per heavy atom. The molecule has 0 spiro atoms. The first-order valence-corrected chi connectivity index (χ1v) is 8.89. The third kappa shape index (κ3) is 7.47. The third-order valence-corrected chi connectivity index (χ3v) is 4.49. The Kier molecular flexibility index (Phi) is 10.1. The zero-order chi connectivity index (χ0) is 17.1. The van der Waals surface area contributed by atoms with Gasteiger partial charge in [0.2, 0.25) is 0 Å². The molecule has 0 aromatic heterocycles. The minimum atomic E-state index is -4.62. The standard InChI is InChI=1S/C13H12N2O6S2.2Na/c16-22(17,18)12-7-5-11(6-8-12)15-14-9-10-3-1-2-4-13(10)23(19,20)21;;/h1-9,15H,(H,16,17,18)(H,19,20,21);;/q;2*+1/p-2/b14-9+;;. The molecular formula is C13H10N2Na2O6S2. The van der Waals surface area contributed by atoms with Crippen LogP contribution in [0.5, 0.6) is 0 Å². The van der Waals surface area contributed by atoms with Crippen LogP contribution < -0.4 is 64.5 Å². The van der Waals surface area contributed by atoms with E-state index in [1.54, 1.807) is 6.07 Å². The maximum absolute atomic E-state index is 11.1. The molecule has 0 bridgehead atoms. The maximum Gasteiger partial charge on any atom is 1.00 e. The second kappa shape index (κ2) is 10.2. The van der Waals surface area contributed by atoms with Crippen LogP contribution in [-0.4, -0.2) is 32.2 Å². The van der Waals surface area contributed by atoms with Crippen LogP contribution in [-0.2, 0) is 20.2 Å². The summed E-state index contributed by atoms with van der Waals surface area (Å²) in [5.74, 6) is 0. The van der Waals surface area contributed by atoms with E-state index in [4.69, 9.17) is 0 Å². The van der Waals surface area contributed by atoms with Crippen LogP contribution >= 0.6 is 0 Å². The molecule has 122 valence electrons. The van der Waals surface area contributed by atoms with Crippen molar-refractivity contribution in [2.45, 2.75) is 9.79 Å². The molecule has 0 aliphatic rings. The SMILES string of the molecule is O=S(=O)([O-])c1ccc(N/N=C/c2ccccc2S(=O)(=O)[O-])cc1.[Na+].[Na+]. The van der Waals surface area contributed by atoms with Crippen molar-refractivity contribution in [1.29, 1.82) is 0 Å². The van der Waals surface area contributed by atoms with Gasteiger partial charge in [0, 0.05) is 5.56 Å². The van der Waals surface area contributed by atoms with Gasteiger partial charge in [-0.05, 0) is 30.3 Å². The van der Waals surface area contributed by atoms with Gasteiger partial charge in [0.05, 0.1) is 21.7 Å². The van der Waals surface area contributed by atoms with Crippen molar-refractivity contribution >= 4 is 32.1 Å². The Morgan fingerprint density at radius 3 is 1.92 bits per heavy atom. The van der Waals surface area contributed by atoms with Crippen LogP contribution in [0.1, 0.15) is 5.56 Å². The predicted octanol–water partition coefficient (Wildman–Crippen LogP) is -5.05. The van der Waals surface area contributed by atoms with E-state index in [2.05, 4.69) is 10.5 Å².